The van der Waals surface area contributed by atoms with Crippen LogP contribution in [0.25, 0.3) is 0 Å². The Labute approximate surface area is 99.9 Å². The summed E-state index contributed by atoms with van der Waals surface area (Å²) in [5, 5.41) is 11.5. The van der Waals surface area contributed by atoms with Crippen molar-refractivity contribution in [3.05, 3.63) is 0 Å². The monoisotopic (exact) mass is 242 g/mol. The molecule has 0 aliphatic carbocycles. The predicted octanol–water partition coefficient (Wildman–Crippen LogP) is -0.559. The number of carbonyl (C=O) groups excluding carboxylic acids is 1. The van der Waals surface area contributed by atoms with E-state index in [2.05, 4.69) is 10.2 Å². The number of nitrogens with one attached hydrogen (secondary N) is 1. The first-order chi connectivity index (χ1) is 7.97. The van der Waals surface area contributed by atoms with Crippen LogP contribution >= 0.6 is 0 Å². The van der Waals surface area contributed by atoms with Crippen molar-refractivity contribution in [2.45, 2.75) is 31.4 Å². The second kappa shape index (κ2) is 4.62. The number of amides is 1. The molecule has 0 bridgehead atoms. The first kappa shape index (κ1) is 12.3. The quantitative estimate of drug-likeness (QED) is 0.675. The highest BCUT2D eigenvalue weighted by molar-refractivity contribution is 5.78. The van der Waals surface area contributed by atoms with Crippen LogP contribution in [0.1, 0.15) is 19.8 Å². The molecule has 1 atom stereocenters. The molecule has 0 radical (unpaired) electrons. The molecule has 0 saturated carbocycles. The van der Waals surface area contributed by atoms with Crippen LogP contribution in [0.5, 0.6) is 0 Å². The van der Waals surface area contributed by atoms with Gasteiger partial charge in [0.25, 0.3) is 0 Å². The number of nitrogens with zero attached hydrogens (tertiary/aromatic N) is 1. The minimum atomic E-state index is -0.937. The summed E-state index contributed by atoms with van der Waals surface area (Å²) < 4.78 is 5.31. The number of carbonyl (C=O) groups is 2. The number of aliphatic carboxylic acids is 1. The lowest BCUT2D eigenvalue weighted by Gasteiger charge is -2.48. The van der Waals surface area contributed by atoms with Crippen molar-refractivity contribution in [2.75, 3.05) is 26.2 Å². The number of rotatable bonds is 5. The van der Waals surface area contributed by atoms with Crippen LogP contribution in [0.2, 0.25) is 0 Å². The van der Waals surface area contributed by atoms with Gasteiger partial charge in [-0.05, 0) is 13.3 Å². The number of carboxylic acids is 1. The summed E-state index contributed by atoms with van der Waals surface area (Å²) in [5.41, 5.74) is -0.346. The Hall–Kier alpha value is -1.14. The van der Waals surface area contributed by atoms with Crippen LogP contribution in [0, 0.1) is 0 Å². The van der Waals surface area contributed by atoms with E-state index >= 15 is 0 Å². The molecular weight excluding hydrogens is 224 g/mol. The smallest absolute Gasteiger partial charge is 0.329 e. The summed E-state index contributed by atoms with van der Waals surface area (Å²) in [5.74, 6) is -0.812. The highest BCUT2D eigenvalue weighted by Crippen LogP contribution is 2.25. The number of hydrogen-bond acceptors (Lipinski definition) is 4. The van der Waals surface area contributed by atoms with Gasteiger partial charge in [-0.15, -0.1) is 0 Å². The Kier molecular flexibility index (Phi) is 3.35. The first-order valence-corrected chi connectivity index (χ1v) is 5.84. The predicted molar refractivity (Wildman–Crippen MR) is 59.6 cm³/mol. The van der Waals surface area contributed by atoms with Gasteiger partial charge in [0.05, 0.1) is 5.60 Å². The Balaban J connectivity index is 1.67. The van der Waals surface area contributed by atoms with E-state index in [0.29, 0.717) is 6.42 Å². The van der Waals surface area contributed by atoms with Gasteiger partial charge in [-0.2, -0.15) is 0 Å². The molecule has 96 valence electrons. The fourth-order valence-corrected chi connectivity index (χ4v) is 2.48. The normalized spacial score (nSPS) is 27.6. The maximum Gasteiger partial charge on any atom is 0.329 e. The fraction of sp³-hybridized carbons (Fsp3) is 0.818. The van der Waals surface area contributed by atoms with E-state index in [4.69, 9.17) is 9.84 Å². The SMILES string of the molecule is CC1(OCC(=O)O)CN(CC2CCC(=O)N2)C1. The van der Waals surface area contributed by atoms with Gasteiger partial charge in [-0.25, -0.2) is 4.79 Å². The molecule has 2 N–H and O–H groups in total. The van der Waals surface area contributed by atoms with Gasteiger partial charge < -0.3 is 15.2 Å². The molecule has 0 aromatic carbocycles. The summed E-state index contributed by atoms with van der Waals surface area (Å²) in [6, 6.07) is 0.242. The molecule has 2 aliphatic heterocycles. The highest BCUT2D eigenvalue weighted by atomic mass is 16.5. The lowest BCUT2D eigenvalue weighted by Crippen LogP contribution is -2.63. The summed E-state index contributed by atoms with van der Waals surface area (Å²) in [6.45, 7) is 3.96. The Morgan fingerprint density at radius 3 is 2.88 bits per heavy atom. The summed E-state index contributed by atoms with van der Waals surface area (Å²) in [7, 11) is 0. The average Bonchev–Trinajstić information content (AvgIpc) is 2.59. The molecule has 17 heavy (non-hydrogen) atoms. The molecular formula is C11H18N2O4. The minimum Gasteiger partial charge on any atom is -0.480 e. The van der Waals surface area contributed by atoms with Crippen LogP contribution in [0.3, 0.4) is 0 Å². The molecule has 0 aromatic rings. The third kappa shape index (κ3) is 3.17. The Bertz CT molecular complexity index is 325. The largest absolute Gasteiger partial charge is 0.480 e. The number of ether oxygens (including phenoxy) is 1. The second-order valence-electron chi connectivity index (χ2n) is 5.11. The maximum atomic E-state index is 11.0. The van der Waals surface area contributed by atoms with Crippen molar-refractivity contribution in [3.8, 4) is 0 Å². The minimum absolute atomic E-state index is 0.125. The molecule has 2 heterocycles. The van der Waals surface area contributed by atoms with Crippen molar-refractivity contribution < 1.29 is 19.4 Å². The zero-order valence-corrected chi connectivity index (χ0v) is 9.94. The van der Waals surface area contributed by atoms with Crippen molar-refractivity contribution >= 4 is 11.9 Å². The summed E-state index contributed by atoms with van der Waals surface area (Å²) in [6.07, 6.45) is 1.51. The van der Waals surface area contributed by atoms with Crippen molar-refractivity contribution in [1.82, 2.24) is 10.2 Å². The molecule has 1 amide bonds. The van der Waals surface area contributed by atoms with Crippen LogP contribution in [0.4, 0.5) is 0 Å². The molecule has 0 aromatic heterocycles. The van der Waals surface area contributed by atoms with E-state index in [9.17, 15) is 9.59 Å². The third-order valence-electron chi connectivity index (χ3n) is 3.22. The van der Waals surface area contributed by atoms with Gasteiger partial charge in [-0.1, -0.05) is 0 Å². The average molecular weight is 242 g/mol. The standard InChI is InChI=1S/C11H18N2O4/c1-11(17-5-10(15)16)6-13(7-11)4-8-2-3-9(14)12-8/h8H,2-7H2,1H3,(H,12,14)(H,15,16). The van der Waals surface area contributed by atoms with Crippen LogP contribution < -0.4 is 5.32 Å². The van der Waals surface area contributed by atoms with Gasteiger partial charge in [0.1, 0.15) is 6.61 Å². The molecule has 2 fully saturated rings. The van der Waals surface area contributed by atoms with Gasteiger partial charge in [0, 0.05) is 32.1 Å². The van der Waals surface area contributed by atoms with Crippen LogP contribution in [-0.2, 0) is 14.3 Å². The van der Waals surface area contributed by atoms with Crippen molar-refractivity contribution in [3.63, 3.8) is 0 Å². The van der Waals surface area contributed by atoms with E-state index in [1.54, 1.807) is 0 Å². The Morgan fingerprint density at radius 2 is 2.35 bits per heavy atom. The summed E-state index contributed by atoms with van der Waals surface area (Å²) in [4.78, 5) is 23.6. The molecule has 2 rings (SSSR count). The number of carboxylic acid groups (broad SMARTS) is 1. The number of likely N-dealkylation sites (tertiary alicyclic amines) is 1. The zero-order valence-electron chi connectivity index (χ0n) is 9.94. The summed E-state index contributed by atoms with van der Waals surface area (Å²) >= 11 is 0. The van der Waals surface area contributed by atoms with Gasteiger partial charge in [0.2, 0.25) is 5.91 Å². The fourth-order valence-electron chi connectivity index (χ4n) is 2.48. The molecule has 2 saturated heterocycles. The van der Waals surface area contributed by atoms with Crippen LogP contribution in [0.15, 0.2) is 0 Å². The zero-order chi connectivity index (χ0) is 12.5. The second-order valence-corrected chi connectivity index (χ2v) is 5.11. The third-order valence-corrected chi connectivity index (χ3v) is 3.22. The van der Waals surface area contributed by atoms with E-state index in [1.165, 1.54) is 0 Å². The van der Waals surface area contributed by atoms with Gasteiger partial charge in [0.15, 0.2) is 0 Å². The highest BCUT2D eigenvalue weighted by Gasteiger charge is 2.41. The maximum absolute atomic E-state index is 11.0. The molecule has 2 aliphatic rings. The van der Waals surface area contributed by atoms with E-state index in [0.717, 1.165) is 26.1 Å². The Morgan fingerprint density at radius 1 is 1.65 bits per heavy atom. The van der Waals surface area contributed by atoms with Gasteiger partial charge >= 0.3 is 5.97 Å². The van der Waals surface area contributed by atoms with Crippen molar-refractivity contribution in [2.24, 2.45) is 0 Å². The van der Waals surface area contributed by atoms with Crippen molar-refractivity contribution in [1.29, 1.82) is 0 Å². The molecule has 6 heteroatoms. The molecule has 1 unspecified atom stereocenters. The van der Waals surface area contributed by atoms with E-state index < -0.39 is 5.97 Å². The van der Waals surface area contributed by atoms with Gasteiger partial charge in [-0.3, -0.25) is 9.69 Å². The first-order valence-electron chi connectivity index (χ1n) is 5.84. The van der Waals surface area contributed by atoms with E-state index in [1.807, 2.05) is 6.92 Å². The van der Waals surface area contributed by atoms with E-state index in [-0.39, 0.29) is 24.2 Å². The topological polar surface area (TPSA) is 78.9 Å². The lowest BCUT2D eigenvalue weighted by molar-refractivity contribution is -0.165. The number of hydrogen-bond donors (Lipinski definition) is 2. The molecule has 6 nitrogen and oxygen atoms in total. The van der Waals surface area contributed by atoms with Crippen LogP contribution in [-0.4, -0.2) is 59.8 Å². The molecule has 0 spiro atoms. The lowest BCUT2D eigenvalue weighted by atomic mass is 9.95.